The molecule has 0 aliphatic rings. The van der Waals surface area contributed by atoms with Crippen molar-refractivity contribution in [1.82, 2.24) is 0 Å². The third kappa shape index (κ3) is 3.99. The molecule has 0 radical (unpaired) electrons. The lowest BCUT2D eigenvalue weighted by atomic mass is 9.93. The Balaban J connectivity index is 1.03. The Morgan fingerprint density at radius 3 is 1.05 bits per heavy atom. The summed E-state index contributed by atoms with van der Waals surface area (Å²) in [5.74, 6) is 0. The van der Waals surface area contributed by atoms with E-state index in [4.69, 9.17) is 13.3 Å². The first-order chi connectivity index (χ1) is 27.2. The van der Waals surface area contributed by atoms with E-state index in [0.717, 1.165) is 98.8 Å². The first-order valence-corrected chi connectivity index (χ1v) is 18.7. The highest BCUT2D eigenvalue weighted by atomic mass is 16.3. The summed E-state index contributed by atoms with van der Waals surface area (Å²) in [5.41, 5.74) is 9.85. The lowest BCUT2D eigenvalue weighted by Gasteiger charge is -2.10. The summed E-state index contributed by atoms with van der Waals surface area (Å²) in [4.78, 5) is 0. The Morgan fingerprint density at radius 2 is 0.582 bits per heavy atom. The minimum absolute atomic E-state index is 0.869. The van der Waals surface area contributed by atoms with Crippen LogP contribution in [0.4, 0.5) is 0 Å². The maximum absolute atomic E-state index is 6.68. The molecule has 3 heteroatoms. The molecule has 13 rings (SSSR count). The molecule has 55 heavy (non-hydrogen) atoms. The summed E-state index contributed by atoms with van der Waals surface area (Å²) in [7, 11) is 0. The Morgan fingerprint density at radius 1 is 0.236 bits per heavy atom. The van der Waals surface area contributed by atoms with Gasteiger partial charge in [0.15, 0.2) is 0 Å². The van der Waals surface area contributed by atoms with E-state index in [1.807, 2.05) is 0 Å². The molecule has 254 valence electrons. The van der Waals surface area contributed by atoms with Gasteiger partial charge in [-0.25, -0.2) is 0 Å². The molecule has 0 spiro atoms. The highest BCUT2D eigenvalue weighted by Crippen LogP contribution is 2.44. The maximum atomic E-state index is 6.68. The number of benzene rings is 10. The van der Waals surface area contributed by atoms with Crippen LogP contribution in [0.15, 0.2) is 183 Å². The largest absolute Gasteiger partial charge is 0.456 e. The van der Waals surface area contributed by atoms with Gasteiger partial charge >= 0.3 is 0 Å². The van der Waals surface area contributed by atoms with E-state index in [2.05, 4.69) is 170 Å². The second kappa shape index (κ2) is 10.6. The summed E-state index contributed by atoms with van der Waals surface area (Å²) in [5, 5.41) is 16.2. The van der Waals surface area contributed by atoms with Crippen molar-refractivity contribution in [3.63, 3.8) is 0 Å². The minimum atomic E-state index is 0.869. The van der Waals surface area contributed by atoms with Crippen LogP contribution in [0.2, 0.25) is 0 Å². The van der Waals surface area contributed by atoms with E-state index in [-0.39, 0.29) is 0 Å². The molecule has 0 atom stereocenters. The van der Waals surface area contributed by atoms with Crippen LogP contribution < -0.4 is 0 Å². The Labute approximate surface area is 313 Å². The predicted octanol–water partition coefficient (Wildman–Crippen LogP) is 15.3. The molecular formula is C52H28O3. The van der Waals surface area contributed by atoms with Crippen LogP contribution in [0, 0.1) is 0 Å². The standard InChI is InChI=1S/C52H28O3/c1-7-29-9-3-17-45-49(29)37(11-1)39-15-5-13-35-33(21-25-47(54-45)51(35)39)31-19-23-43-41(27-31)42-28-32(20-24-44(42)53-43)34-22-26-48-52-36(34)14-6-16-40(52)38-12-2-8-30-10-4-18-46(55-48)50(30)38/h1-28H. The van der Waals surface area contributed by atoms with Crippen LogP contribution in [0.5, 0.6) is 0 Å². The molecule has 3 aromatic heterocycles. The van der Waals surface area contributed by atoms with Crippen LogP contribution in [-0.2, 0) is 0 Å². The molecule has 0 unspecified atom stereocenters. The first-order valence-electron chi connectivity index (χ1n) is 18.7. The van der Waals surface area contributed by atoms with E-state index in [1.165, 1.54) is 32.3 Å². The summed E-state index contributed by atoms with van der Waals surface area (Å²) < 4.78 is 19.8. The monoisotopic (exact) mass is 700 g/mol. The molecular weight excluding hydrogens is 673 g/mol. The van der Waals surface area contributed by atoms with Gasteiger partial charge in [-0.3, -0.25) is 0 Å². The van der Waals surface area contributed by atoms with Gasteiger partial charge in [-0.1, -0.05) is 121 Å². The average Bonchev–Trinajstić information content (AvgIpc) is 3.45. The van der Waals surface area contributed by atoms with Gasteiger partial charge in [0.05, 0.1) is 0 Å². The molecule has 0 saturated heterocycles. The zero-order chi connectivity index (χ0) is 35.8. The van der Waals surface area contributed by atoms with Gasteiger partial charge in [-0.05, 0) is 114 Å². The quantitative estimate of drug-likeness (QED) is 0.180. The molecule has 0 amide bonds. The molecule has 3 nitrogen and oxygen atoms in total. The summed E-state index contributed by atoms with van der Waals surface area (Å²) in [6.45, 7) is 0. The highest BCUT2D eigenvalue weighted by Gasteiger charge is 2.18. The van der Waals surface area contributed by atoms with Gasteiger partial charge in [-0.2, -0.15) is 0 Å². The number of fused-ring (bicyclic) bond motifs is 5. The molecule has 0 N–H and O–H groups in total. The Hall–Kier alpha value is -7.36. The van der Waals surface area contributed by atoms with Crippen LogP contribution in [-0.4, -0.2) is 0 Å². The molecule has 10 aromatic carbocycles. The van der Waals surface area contributed by atoms with E-state index < -0.39 is 0 Å². The summed E-state index contributed by atoms with van der Waals surface area (Å²) in [6, 6.07) is 60.6. The van der Waals surface area contributed by atoms with E-state index in [0.29, 0.717) is 0 Å². The third-order valence-electron chi connectivity index (χ3n) is 11.8. The molecule has 0 bridgehead atoms. The van der Waals surface area contributed by atoms with E-state index >= 15 is 0 Å². The highest BCUT2D eigenvalue weighted by molar-refractivity contribution is 6.26. The zero-order valence-corrected chi connectivity index (χ0v) is 29.4. The SMILES string of the molecule is c1cc2cccc3c4cccc5c(-c6ccc7oc8ccc(-c9ccc%10oc%11cccc%12cccc(c%13cccc9c%10%13)c%12%11)cc8c7c6)ccc(oc(c1)c23)c54. The molecule has 0 aliphatic heterocycles. The molecule has 3 heterocycles. The van der Waals surface area contributed by atoms with Crippen molar-refractivity contribution in [2.45, 2.75) is 0 Å². The van der Waals surface area contributed by atoms with Crippen molar-refractivity contribution in [1.29, 1.82) is 0 Å². The average molecular weight is 701 g/mol. The Kier molecular flexibility index (Phi) is 5.63. The molecule has 0 fully saturated rings. The van der Waals surface area contributed by atoms with Gasteiger partial charge in [0.2, 0.25) is 0 Å². The molecule has 0 saturated carbocycles. The van der Waals surface area contributed by atoms with Gasteiger partial charge < -0.3 is 13.3 Å². The zero-order valence-electron chi connectivity index (χ0n) is 29.4. The van der Waals surface area contributed by atoms with Crippen LogP contribution in [0.1, 0.15) is 0 Å². The maximum Gasteiger partial charge on any atom is 0.135 e. The van der Waals surface area contributed by atoms with Gasteiger partial charge in [0.25, 0.3) is 0 Å². The minimum Gasteiger partial charge on any atom is -0.456 e. The van der Waals surface area contributed by atoms with Crippen molar-refractivity contribution in [2.75, 3.05) is 0 Å². The summed E-state index contributed by atoms with van der Waals surface area (Å²) in [6.07, 6.45) is 0. The van der Waals surface area contributed by atoms with Gasteiger partial charge in [0.1, 0.15) is 33.5 Å². The van der Waals surface area contributed by atoms with E-state index in [9.17, 15) is 0 Å². The number of furan rings is 1. The lowest BCUT2D eigenvalue weighted by molar-refractivity contribution is 0.664. The first kappa shape index (κ1) is 29.1. The molecule has 13 aromatic rings. The smallest absolute Gasteiger partial charge is 0.135 e. The van der Waals surface area contributed by atoms with Crippen molar-refractivity contribution >= 4 is 109 Å². The van der Waals surface area contributed by atoms with Crippen molar-refractivity contribution in [3.05, 3.63) is 170 Å². The predicted molar refractivity (Wildman–Crippen MR) is 229 cm³/mol. The van der Waals surface area contributed by atoms with Gasteiger partial charge in [-0.15, -0.1) is 0 Å². The Bertz CT molecular complexity index is 3520. The topological polar surface area (TPSA) is 39.4 Å². The molecule has 0 aliphatic carbocycles. The second-order valence-corrected chi connectivity index (χ2v) is 14.7. The van der Waals surface area contributed by atoms with Crippen molar-refractivity contribution in [2.24, 2.45) is 0 Å². The van der Waals surface area contributed by atoms with Crippen molar-refractivity contribution < 1.29 is 13.3 Å². The lowest BCUT2D eigenvalue weighted by Crippen LogP contribution is -1.84. The third-order valence-corrected chi connectivity index (χ3v) is 11.8. The van der Waals surface area contributed by atoms with Crippen molar-refractivity contribution in [3.8, 4) is 22.3 Å². The van der Waals surface area contributed by atoms with Gasteiger partial charge in [0, 0.05) is 32.3 Å². The van der Waals surface area contributed by atoms with Crippen LogP contribution in [0.3, 0.4) is 0 Å². The normalized spacial score (nSPS) is 12.4. The fourth-order valence-corrected chi connectivity index (χ4v) is 9.45. The number of hydrogen-bond acceptors (Lipinski definition) is 3. The number of rotatable bonds is 2. The van der Waals surface area contributed by atoms with Crippen LogP contribution >= 0.6 is 0 Å². The van der Waals surface area contributed by atoms with E-state index in [1.54, 1.807) is 0 Å². The van der Waals surface area contributed by atoms with Crippen LogP contribution in [0.25, 0.3) is 131 Å². The number of hydrogen-bond donors (Lipinski definition) is 0. The summed E-state index contributed by atoms with van der Waals surface area (Å²) >= 11 is 0. The second-order valence-electron chi connectivity index (χ2n) is 14.7. The fourth-order valence-electron chi connectivity index (χ4n) is 9.45. The fraction of sp³-hybridized carbons (Fsp3) is 0.